The first-order valence-corrected chi connectivity index (χ1v) is 9.49. The monoisotopic (exact) mass is 382 g/mol. The molecule has 140 valence electrons. The van der Waals surface area contributed by atoms with Crippen LogP contribution in [-0.4, -0.2) is 23.4 Å². The van der Waals surface area contributed by atoms with Crippen LogP contribution < -0.4 is 15.0 Å². The van der Waals surface area contributed by atoms with Crippen LogP contribution in [0, 0.1) is 12.8 Å². The van der Waals surface area contributed by atoms with Crippen molar-refractivity contribution >= 4 is 29.0 Å². The molecule has 0 unspecified atom stereocenters. The van der Waals surface area contributed by atoms with E-state index in [1.54, 1.807) is 0 Å². The zero-order valence-electron chi connectivity index (χ0n) is 15.6. The molecule has 2 aromatic rings. The highest BCUT2D eigenvalue weighted by Crippen LogP contribution is 2.50. The molecule has 2 heterocycles. The summed E-state index contributed by atoms with van der Waals surface area (Å²) in [4.78, 5) is 14.9. The second-order valence-electron chi connectivity index (χ2n) is 6.97. The highest BCUT2D eigenvalue weighted by atomic mass is 32.1. The van der Waals surface area contributed by atoms with Gasteiger partial charge in [0.15, 0.2) is 5.11 Å². The van der Waals surface area contributed by atoms with Crippen LogP contribution in [0.25, 0.3) is 0 Å². The highest BCUT2D eigenvalue weighted by Gasteiger charge is 2.59. The van der Waals surface area contributed by atoms with E-state index in [0.29, 0.717) is 11.7 Å². The first-order chi connectivity index (χ1) is 13.0. The molecule has 0 radical (unpaired) electrons. The number of hydrogen-bond donors (Lipinski definition) is 1. The van der Waals surface area contributed by atoms with Crippen LogP contribution in [0.1, 0.15) is 31.0 Å². The number of carbonyl (C=O) groups excluding carboxylic acids is 1. The molecule has 27 heavy (non-hydrogen) atoms. The van der Waals surface area contributed by atoms with Crippen LogP contribution in [0.2, 0.25) is 0 Å². The maximum absolute atomic E-state index is 13.0. The number of benzene rings is 2. The zero-order valence-corrected chi connectivity index (χ0v) is 16.4. The van der Waals surface area contributed by atoms with Crippen molar-refractivity contribution in [3.63, 3.8) is 0 Å². The summed E-state index contributed by atoms with van der Waals surface area (Å²) in [6, 6.07) is 15.4. The Hall–Kier alpha value is -2.60. The third-order valence-electron chi connectivity index (χ3n) is 5.30. The van der Waals surface area contributed by atoms with Crippen molar-refractivity contribution in [2.75, 3.05) is 11.5 Å². The van der Waals surface area contributed by atoms with Crippen LogP contribution in [0.15, 0.2) is 48.5 Å². The van der Waals surface area contributed by atoms with Gasteiger partial charge in [-0.3, -0.25) is 9.69 Å². The predicted molar refractivity (Wildman–Crippen MR) is 108 cm³/mol. The number of esters is 1. The average molecular weight is 382 g/mol. The number of fused-ring (bicyclic) bond motifs is 4. The fourth-order valence-corrected chi connectivity index (χ4v) is 4.51. The second kappa shape index (κ2) is 6.53. The van der Waals surface area contributed by atoms with Gasteiger partial charge in [-0.1, -0.05) is 36.4 Å². The Morgan fingerprint density at radius 3 is 2.70 bits per heavy atom. The lowest BCUT2D eigenvalue weighted by molar-refractivity contribution is -0.159. The molecule has 2 aliphatic heterocycles. The lowest BCUT2D eigenvalue weighted by atomic mass is 9.79. The van der Waals surface area contributed by atoms with Gasteiger partial charge in [-0.15, -0.1) is 0 Å². The predicted octanol–water partition coefficient (Wildman–Crippen LogP) is 3.72. The molecule has 0 aromatic heterocycles. The van der Waals surface area contributed by atoms with E-state index < -0.39 is 11.6 Å². The van der Waals surface area contributed by atoms with Crippen LogP contribution in [0.4, 0.5) is 5.69 Å². The molecule has 4 rings (SSSR count). The molecule has 1 fully saturated rings. The Kier molecular flexibility index (Phi) is 4.30. The zero-order chi connectivity index (χ0) is 19.2. The van der Waals surface area contributed by atoms with Crippen LogP contribution >= 0.6 is 12.2 Å². The van der Waals surface area contributed by atoms with Crippen LogP contribution in [-0.2, 0) is 9.53 Å². The van der Waals surface area contributed by atoms with Gasteiger partial charge in [0.25, 0.3) is 0 Å². The standard InChI is InChI=1S/C21H22N2O3S/c1-4-25-19(24)17-18-14-10-6-8-12-16(14)26-21(17,3)23(20(27)22-18)15-11-7-5-9-13(15)2/h5-12,17-18H,4H2,1-3H3,(H,22,27)/t17-,18+,21+/m1/s1. The molecular weight excluding hydrogens is 360 g/mol. The molecule has 3 atom stereocenters. The third kappa shape index (κ3) is 2.67. The summed E-state index contributed by atoms with van der Waals surface area (Å²) >= 11 is 5.71. The molecule has 1 N–H and O–H groups in total. The molecule has 0 spiro atoms. The average Bonchev–Trinajstić information content (AvgIpc) is 2.62. The van der Waals surface area contributed by atoms with E-state index in [1.807, 2.05) is 74.2 Å². The molecule has 0 amide bonds. The number of hydrogen-bond acceptors (Lipinski definition) is 4. The number of aryl methyl sites for hydroxylation is 1. The Bertz CT molecular complexity index is 916. The molecule has 1 saturated heterocycles. The largest absolute Gasteiger partial charge is 0.466 e. The number of nitrogens with zero attached hydrogens (tertiary/aromatic N) is 1. The summed E-state index contributed by atoms with van der Waals surface area (Å²) in [5.41, 5.74) is 1.87. The number of para-hydroxylation sites is 2. The van der Waals surface area contributed by atoms with Gasteiger partial charge in [-0.2, -0.15) is 0 Å². The van der Waals surface area contributed by atoms with Gasteiger partial charge in [0.2, 0.25) is 5.72 Å². The van der Waals surface area contributed by atoms with Crippen molar-refractivity contribution in [1.82, 2.24) is 5.32 Å². The minimum absolute atomic E-state index is 0.298. The van der Waals surface area contributed by atoms with Crippen LogP contribution in [0.5, 0.6) is 5.75 Å². The third-order valence-corrected chi connectivity index (χ3v) is 5.60. The Labute approximate surface area is 164 Å². The summed E-state index contributed by atoms with van der Waals surface area (Å²) in [5, 5.41) is 3.90. The van der Waals surface area contributed by atoms with Gasteiger partial charge in [0.1, 0.15) is 11.7 Å². The van der Waals surface area contributed by atoms with Crippen molar-refractivity contribution in [2.24, 2.45) is 5.92 Å². The van der Waals surface area contributed by atoms with Gasteiger partial charge in [-0.25, -0.2) is 0 Å². The number of anilines is 1. The Morgan fingerprint density at radius 1 is 1.26 bits per heavy atom. The normalized spacial score (nSPS) is 25.9. The Morgan fingerprint density at radius 2 is 1.96 bits per heavy atom. The summed E-state index contributed by atoms with van der Waals surface area (Å²) in [6.45, 7) is 6.06. The van der Waals surface area contributed by atoms with Crippen molar-refractivity contribution in [1.29, 1.82) is 0 Å². The van der Waals surface area contributed by atoms with Crippen molar-refractivity contribution in [3.8, 4) is 5.75 Å². The maximum Gasteiger partial charge on any atom is 0.317 e. The van der Waals surface area contributed by atoms with E-state index in [1.165, 1.54) is 0 Å². The number of ether oxygens (including phenoxy) is 2. The van der Waals surface area contributed by atoms with Gasteiger partial charge >= 0.3 is 5.97 Å². The molecule has 2 aliphatic rings. The number of nitrogens with one attached hydrogen (secondary N) is 1. The van der Waals surface area contributed by atoms with Gasteiger partial charge in [-0.05, 0) is 50.7 Å². The fourth-order valence-electron chi connectivity index (χ4n) is 4.10. The minimum Gasteiger partial charge on any atom is -0.466 e. The van der Waals surface area contributed by atoms with E-state index in [4.69, 9.17) is 21.7 Å². The summed E-state index contributed by atoms with van der Waals surface area (Å²) in [6.07, 6.45) is 0. The molecule has 0 saturated carbocycles. The van der Waals surface area contributed by atoms with E-state index in [2.05, 4.69) is 5.32 Å². The molecule has 5 nitrogen and oxygen atoms in total. The Balaban J connectivity index is 1.91. The maximum atomic E-state index is 13.0. The molecule has 2 bridgehead atoms. The summed E-state index contributed by atoms with van der Waals surface area (Å²) in [5.74, 6) is -0.120. The van der Waals surface area contributed by atoms with Crippen molar-refractivity contribution in [2.45, 2.75) is 32.5 Å². The lowest BCUT2D eigenvalue weighted by Crippen LogP contribution is -2.71. The molecule has 6 heteroatoms. The SMILES string of the molecule is CCOC(=O)[C@H]1[C@H]2NC(=S)N(c3ccccc3C)[C@@]1(C)Oc1ccccc12. The number of rotatable bonds is 3. The van der Waals surface area contributed by atoms with Gasteiger partial charge in [0.05, 0.1) is 12.6 Å². The number of thiocarbonyl (C=S) groups is 1. The minimum atomic E-state index is -1.00. The van der Waals surface area contributed by atoms with Gasteiger partial charge < -0.3 is 14.8 Å². The van der Waals surface area contributed by atoms with E-state index in [9.17, 15) is 4.79 Å². The number of carbonyl (C=O) groups is 1. The van der Waals surface area contributed by atoms with E-state index in [0.717, 1.165) is 22.6 Å². The van der Waals surface area contributed by atoms with Gasteiger partial charge in [0, 0.05) is 11.3 Å². The molecule has 0 aliphatic carbocycles. The lowest BCUT2D eigenvalue weighted by Gasteiger charge is -2.55. The first kappa shape index (κ1) is 17.8. The summed E-state index contributed by atoms with van der Waals surface area (Å²) < 4.78 is 11.9. The molecule has 2 aromatic carbocycles. The first-order valence-electron chi connectivity index (χ1n) is 9.08. The van der Waals surface area contributed by atoms with E-state index in [-0.39, 0.29) is 12.0 Å². The van der Waals surface area contributed by atoms with Crippen molar-refractivity contribution < 1.29 is 14.3 Å². The van der Waals surface area contributed by atoms with Crippen LogP contribution in [0.3, 0.4) is 0 Å². The second-order valence-corrected chi connectivity index (χ2v) is 7.36. The fraction of sp³-hybridized carbons (Fsp3) is 0.333. The smallest absolute Gasteiger partial charge is 0.317 e. The quantitative estimate of drug-likeness (QED) is 0.645. The topological polar surface area (TPSA) is 50.8 Å². The van der Waals surface area contributed by atoms with Crippen molar-refractivity contribution in [3.05, 3.63) is 59.7 Å². The molecular formula is C21H22N2O3S. The summed E-state index contributed by atoms with van der Waals surface area (Å²) in [7, 11) is 0. The highest BCUT2D eigenvalue weighted by molar-refractivity contribution is 7.80. The van der Waals surface area contributed by atoms with E-state index >= 15 is 0 Å².